The molecule has 70 valence electrons. The molecule has 3 heteroatoms. The molecule has 1 aromatic carbocycles. The molecular weight excluding hydrogens is 162 g/mol. The summed E-state index contributed by atoms with van der Waals surface area (Å²) in [6, 6.07) is 8.10. The Labute approximate surface area is 79.1 Å². The Balaban J connectivity index is 2.50. The zero-order chi connectivity index (χ0) is 9.68. The van der Waals surface area contributed by atoms with Crippen molar-refractivity contribution in [2.75, 3.05) is 19.5 Å². The highest BCUT2D eigenvalue weighted by molar-refractivity contribution is 5.56. The van der Waals surface area contributed by atoms with Crippen LogP contribution in [-0.2, 0) is 0 Å². The highest BCUT2D eigenvalue weighted by atomic mass is 15.3. The fourth-order valence-electron chi connectivity index (χ4n) is 0.847. The number of rotatable bonds is 3. The maximum absolute atomic E-state index is 4.02. The predicted octanol–water partition coefficient (Wildman–Crippen LogP) is 1.91. The van der Waals surface area contributed by atoms with E-state index in [0.717, 1.165) is 5.69 Å². The van der Waals surface area contributed by atoms with Crippen molar-refractivity contribution in [1.29, 1.82) is 0 Å². The van der Waals surface area contributed by atoms with E-state index in [1.165, 1.54) is 5.56 Å². The topological polar surface area (TPSA) is 27.6 Å². The maximum atomic E-state index is 4.02. The lowest BCUT2D eigenvalue weighted by atomic mass is 10.2. The molecule has 0 spiro atoms. The van der Waals surface area contributed by atoms with Crippen LogP contribution in [0.3, 0.4) is 0 Å². The van der Waals surface area contributed by atoms with Gasteiger partial charge in [-0.1, -0.05) is 17.7 Å². The van der Waals surface area contributed by atoms with Crippen molar-refractivity contribution in [3.63, 3.8) is 0 Å². The lowest BCUT2D eigenvalue weighted by Gasteiger charge is -2.03. The molecule has 0 saturated heterocycles. The summed E-state index contributed by atoms with van der Waals surface area (Å²) in [5.74, 6) is 0. The van der Waals surface area contributed by atoms with Crippen molar-refractivity contribution in [3.8, 4) is 0 Å². The zero-order valence-electron chi connectivity index (χ0n) is 8.28. The molecule has 0 saturated carbocycles. The van der Waals surface area contributed by atoms with Gasteiger partial charge in [0.15, 0.2) is 0 Å². The smallest absolute Gasteiger partial charge is 0.111 e. The van der Waals surface area contributed by atoms with Gasteiger partial charge in [-0.3, -0.25) is 5.43 Å². The summed E-state index contributed by atoms with van der Waals surface area (Å²) < 4.78 is 0. The Morgan fingerprint density at radius 1 is 1.23 bits per heavy atom. The van der Waals surface area contributed by atoms with Crippen LogP contribution in [0.1, 0.15) is 5.56 Å². The molecule has 0 aromatic heterocycles. The first-order valence-corrected chi connectivity index (χ1v) is 4.21. The number of benzene rings is 1. The van der Waals surface area contributed by atoms with Gasteiger partial charge in [-0.05, 0) is 19.1 Å². The van der Waals surface area contributed by atoms with Gasteiger partial charge in [-0.15, -0.1) is 0 Å². The Morgan fingerprint density at radius 2 is 1.85 bits per heavy atom. The standard InChI is InChI=1S/C10H15N3/c1-9-4-6-10(7-5-9)12-11-8-13(2)3/h4-8,12H,1-3H3/b11-8+. The van der Waals surface area contributed by atoms with Crippen molar-refractivity contribution in [2.45, 2.75) is 6.92 Å². The summed E-state index contributed by atoms with van der Waals surface area (Å²) in [4.78, 5) is 1.88. The minimum absolute atomic E-state index is 1.00. The fraction of sp³-hybridized carbons (Fsp3) is 0.300. The summed E-state index contributed by atoms with van der Waals surface area (Å²) in [7, 11) is 3.86. The molecule has 0 aliphatic heterocycles. The van der Waals surface area contributed by atoms with E-state index in [2.05, 4.69) is 17.5 Å². The molecule has 1 aromatic rings. The third-order valence-corrected chi connectivity index (χ3v) is 1.53. The van der Waals surface area contributed by atoms with Gasteiger partial charge in [0.1, 0.15) is 6.34 Å². The summed E-state index contributed by atoms with van der Waals surface area (Å²) in [6.07, 6.45) is 1.72. The normalized spacial score (nSPS) is 10.4. The van der Waals surface area contributed by atoms with E-state index in [4.69, 9.17) is 0 Å². The molecule has 1 rings (SSSR count). The lowest BCUT2D eigenvalue weighted by Crippen LogP contribution is -2.09. The van der Waals surface area contributed by atoms with Crippen molar-refractivity contribution >= 4 is 12.0 Å². The molecule has 0 aliphatic rings. The van der Waals surface area contributed by atoms with Crippen LogP contribution < -0.4 is 5.43 Å². The fourth-order valence-corrected chi connectivity index (χ4v) is 0.847. The second kappa shape index (κ2) is 4.50. The van der Waals surface area contributed by atoms with Gasteiger partial charge in [0.05, 0.1) is 5.69 Å². The van der Waals surface area contributed by atoms with Crippen LogP contribution in [-0.4, -0.2) is 25.3 Å². The van der Waals surface area contributed by atoms with Crippen LogP contribution in [0.15, 0.2) is 29.4 Å². The summed E-state index contributed by atoms with van der Waals surface area (Å²) >= 11 is 0. The number of nitrogens with zero attached hydrogens (tertiary/aromatic N) is 2. The Hall–Kier alpha value is -1.51. The summed E-state index contributed by atoms with van der Waals surface area (Å²) in [5.41, 5.74) is 5.19. The minimum Gasteiger partial charge on any atom is -0.367 e. The third-order valence-electron chi connectivity index (χ3n) is 1.53. The van der Waals surface area contributed by atoms with Crippen LogP contribution >= 0.6 is 0 Å². The van der Waals surface area contributed by atoms with E-state index in [0.29, 0.717) is 0 Å². The van der Waals surface area contributed by atoms with Gasteiger partial charge in [0.25, 0.3) is 0 Å². The van der Waals surface area contributed by atoms with E-state index in [9.17, 15) is 0 Å². The molecular formula is C10H15N3. The molecule has 0 bridgehead atoms. The van der Waals surface area contributed by atoms with Gasteiger partial charge in [-0.25, -0.2) is 0 Å². The molecule has 3 nitrogen and oxygen atoms in total. The van der Waals surface area contributed by atoms with Crippen molar-refractivity contribution in [3.05, 3.63) is 29.8 Å². The molecule has 13 heavy (non-hydrogen) atoms. The van der Waals surface area contributed by atoms with Gasteiger partial charge < -0.3 is 4.90 Å². The Bertz CT molecular complexity index is 275. The predicted molar refractivity (Wildman–Crippen MR) is 57.0 cm³/mol. The largest absolute Gasteiger partial charge is 0.367 e. The maximum Gasteiger partial charge on any atom is 0.111 e. The Morgan fingerprint density at radius 3 is 2.38 bits per heavy atom. The van der Waals surface area contributed by atoms with Crippen LogP contribution in [0, 0.1) is 6.92 Å². The van der Waals surface area contributed by atoms with E-state index in [-0.39, 0.29) is 0 Å². The summed E-state index contributed by atoms with van der Waals surface area (Å²) in [5, 5.41) is 4.02. The molecule has 1 N–H and O–H groups in total. The quantitative estimate of drug-likeness (QED) is 0.434. The molecule has 0 aliphatic carbocycles. The number of hydrogen-bond acceptors (Lipinski definition) is 2. The Kier molecular flexibility index (Phi) is 3.31. The molecule has 0 unspecified atom stereocenters. The van der Waals surface area contributed by atoms with Crippen molar-refractivity contribution in [1.82, 2.24) is 4.90 Å². The van der Waals surface area contributed by atoms with Gasteiger partial charge in [0.2, 0.25) is 0 Å². The van der Waals surface area contributed by atoms with E-state index < -0.39 is 0 Å². The number of aryl methyl sites for hydroxylation is 1. The lowest BCUT2D eigenvalue weighted by molar-refractivity contribution is 0.641. The van der Waals surface area contributed by atoms with Gasteiger partial charge >= 0.3 is 0 Å². The molecule has 0 atom stereocenters. The zero-order valence-corrected chi connectivity index (χ0v) is 8.28. The van der Waals surface area contributed by atoms with E-state index >= 15 is 0 Å². The van der Waals surface area contributed by atoms with Crippen LogP contribution in [0.5, 0.6) is 0 Å². The van der Waals surface area contributed by atoms with Gasteiger partial charge in [0, 0.05) is 14.1 Å². The SMILES string of the molecule is Cc1ccc(N/N=C/N(C)C)cc1. The van der Waals surface area contributed by atoms with Crippen LogP contribution in [0.2, 0.25) is 0 Å². The highest BCUT2D eigenvalue weighted by Crippen LogP contribution is 2.07. The third kappa shape index (κ3) is 3.60. The minimum atomic E-state index is 1.00. The summed E-state index contributed by atoms with van der Waals surface area (Å²) in [6.45, 7) is 2.06. The number of anilines is 1. The molecule has 0 fully saturated rings. The average Bonchev–Trinajstić information content (AvgIpc) is 2.08. The average molecular weight is 177 g/mol. The van der Waals surface area contributed by atoms with Crippen molar-refractivity contribution in [2.24, 2.45) is 5.10 Å². The highest BCUT2D eigenvalue weighted by Gasteiger charge is 1.87. The first kappa shape index (κ1) is 9.58. The van der Waals surface area contributed by atoms with Crippen LogP contribution in [0.4, 0.5) is 5.69 Å². The van der Waals surface area contributed by atoms with E-state index in [1.807, 2.05) is 43.3 Å². The second-order valence-electron chi connectivity index (χ2n) is 3.19. The molecule has 0 amide bonds. The van der Waals surface area contributed by atoms with E-state index in [1.54, 1.807) is 6.34 Å². The first-order chi connectivity index (χ1) is 6.18. The monoisotopic (exact) mass is 177 g/mol. The van der Waals surface area contributed by atoms with Crippen LogP contribution in [0.25, 0.3) is 0 Å². The molecule has 0 radical (unpaired) electrons. The number of hydrogen-bond donors (Lipinski definition) is 1. The van der Waals surface area contributed by atoms with Gasteiger partial charge in [-0.2, -0.15) is 5.10 Å². The van der Waals surface area contributed by atoms with Crippen molar-refractivity contribution < 1.29 is 0 Å². The first-order valence-electron chi connectivity index (χ1n) is 4.21. The second-order valence-corrected chi connectivity index (χ2v) is 3.19. The number of nitrogens with one attached hydrogen (secondary N) is 1. The molecule has 0 heterocycles. The number of hydrazone groups is 1.